The molecule has 0 saturated carbocycles. The molecule has 5 heteroatoms. The number of aromatic nitrogens is 2. The molecular weight excluding hydrogens is 218 g/mol. The lowest BCUT2D eigenvalue weighted by molar-refractivity contribution is -0.305. The molecular formula is C12H12N3O2-. The number of nitrogens with zero attached hydrogens (tertiary/aromatic N) is 2. The van der Waals surface area contributed by atoms with Crippen molar-refractivity contribution in [2.75, 3.05) is 11.9 Å². The minimum atomic E-state index is -1.08. The fourth-order valence-corrected chi connectivity index (χ4v) is 1.59. The first-order chi connectivity index (χ1) is 8.16. The molecule has 0 bridgehead atoms. The summed E-state index contributed by atoms with van der Waals surface area (Å²) < 4.78 is 0. The molecule has 2 rings (SSSR count). The third-order valence-electron chi connectivity index (χ3n) is 2.41. The van der Waals surface area contributed by atoms with Crippen molar-refractivity contribution >= 4 is 22.7 Å². The number of anilines is 1. The largest absolute Gasteiger partial charge is 0.550 e. The van der Waals surface area contributed by atoms with Gasteiger partial charge in [0, 0.05) is 24.3 Å². The number of nitrogens with one attached hydrogen (secondary N) is 1. The Kier molecular flexibility index (Phi) is 3.18. The van der Waals surface area contributed by atoms with Crippen molar-refractivity contribution in [1.29, 1.82) is 0 Å². The number of carboxylic acid groups (broad SMARTS) is 1. The van der Waals surface area contributed by atoms with Gasteiger partial charge in [-0.05, 0) is 19.1 Å². The summed E-state index contributed by atoms with van der Waals surface area (Å²) in [6.45, 7) is 2.28. The average Bonchev–Trinajstić information content (AvgIpc) is 2.29. The molecule has 88 valence electrons. The highest BCUT2D eigenvalue weighted by Gasteiger charge is 2.02. The number of aryl methyl sites for hydroxylation is 1. The van der Waals surface area contributed by atoms with Crippen molar-refractivity contribution in [1.82, 2.24) is 9.97 Å². The van der Waals surface area contributed by atoms with E-state index < -0.39 is 5.97 Å². The maximum Gasteiger partial charge on any atom is 0.137 e. The molecule has 0 fully saturated rings. The fraction of sp³-hybridized carbons (Fsp3) is 0.250. The van der Waals surface area contributed by atoms with E-state index in [1.807, 2.05) is 25.1 Å². The molecule has 0 atom stereocenters. The van der Waals surface area contributed by atoms with E-state index >= 15 is 0 Å². The lowest BCUT2D eigenvalue weighted by Gasteiger charge is -2.08. The van der Waals surface area contributed by atoms with Crippen LogP contribution in [-0.4, -0.2) is 22.5 Å². The van der Waals surface area contributed by atoms with Crippen molar-refractivity contribution < 1.29 is 9.90 Å². The van der Waals surface area contributed by atoms with Crippen LogP contribution in [0.2, 0.25) is 0 Å². The molecule has 0 aliphatic carbocycles. The van der Waals surface area contributed by atoms with Crippen LogP contribution in [0, 0.1) is 6.92 Å². The van der Waals surface area contributed by atoms with Crippen LogP contribution in [0.4, 0.5) is 5.82 Å². The Hall–Kier alpha value is -2.17. The Bertz CT molecular complexity index is 554. The van der Waals surface area contributed by atoms with Gasteiger partial charge in [-0.1, -0.05) is 11.6 Å². The molecule has 1 N–H and O–H groups in total. The van der Waals surface area contributed by atoms with Gasteiger partial charge in [-0.25, -0.2) is 9.97 Å². The molecule has 0 amide bonds. The van der Waals surface area contributed by atoms with Gasteiger partial charge in [0.15, 0.2) is 0 Å². The van der Waals surface area contributed by atoms with E-state index in [0.29, 0.717) is 12.4 Å². The summed E-state index contributed by atoms with van der Waals surface area (Å²) >= 11 is 0. The van der Waals surface area contributed by atoms with Gasteiger partial charge in [-0.15, -0.1) is 0 Å². The van der Waals surface area contributed by atoms with Crippen molar-refractivity contribution in [2.45, 2.75) is 13.3 Å². The van der Waals surface area contributed by atoms with Gasteiger partial charge in [0.05, 0.1) is 5.52 Å². The number of hydrogen-bond acceptors (Lipinski definition) is 5. The van der Waals surface area contributed by atoms with Crippen molar-refractivity contribution in [3.05, 3.63) is 30.1 Å². The first kappa shape index (κ1) is 11.3. The van der Waals surface area contributed by atoms with Crippen molar-refractivity contribution in [3.63, 3.8) is 0 Å². The number of carbonyl (C=O) groups is 1. The Morgan fingerprint density at radius 1 is 1.41 bits per heavy atom. The molecule has 0 radical (unpaired) electrons. The monoisotopic (exact) mass is 230 g/mol. The maximum absolute atomic E-state index is 10.3. The predicted molar refractivity (Wildman–Crippen MR) is 62.4 cm³/mol. The second-order valence-corrected chi connectivity index (χ2v) is 3.79. The van der Waals surface area contributed by atoms with E-state index in [-0.39, 0.29) is 6.42 Å². The number of fused-ring (bicyclic) bond motifs is 1. The average molecular weight is 230 g/mol. The summed E-state index contributed by atoms with van der Waals surface area (Å²) in [5, 5.41) is 14.2. The molecule has 0 unspecified atom stereocenters. The van der Waals surface area contributed by atoms with Gasteiger partial charge in [-0.3, -0.25) is 0 Å². The van der Waals surface area contributed by atoms with E-state index in [2.05, 4.69) is 15.3 Å². The summed E-state index contributed by atoms with van der Waals surface area (Å²) in [7, 11) is 0. The molecule has 1 aromatic carbocycles. The predicted octanol–water partition coefficient (Wildman–Crippen LogP) is 0.490. The third-order valence-corrected chi connectivity index (χ3v) is 2.41. The van der Waals surface area contributed by atoms with Gasteiger partial charge in [0.1, 0.15) is 12.1 Å². The third kappa shape index (κ3) is 2.69. The standard InChI is InChI=1S/C12H13N3O2/c1-8-2-3-10-9(6-8)12(15-7-14-10)13-5-4-11(16)17/h2-3,6-7H,4-5H2,1H3,(H,16,17)(H,13,14,15)/p-1. The quantitative estimate of drug-likeness (QED) is 0.827. The Balaban J connectivity index is 2.27. The van der Waals surface area contributed by atoms with E-state index in [4.69, 9.17) is 0 Å². The van der Waals surface area contributed by atoms with Gasteiger partial charge in [-0.2, -0.15) is 0 Å². The van der Waals surface area contributed by atoms with Gasteiger partial charge in [0.2, 0.25) is 0 Å². The van der Waals surface area contributed by atoms with Gasteiger partial charge in [0.25, 0.3) is 0 Å². The van der Waals surface area contributed by atoms with Crippen LogP contribution in [0.25, 0.3) is 10.9 Å². The minimum Gasteiger partial charge on any atom is -0.550 e. The number of carboxylic acids is 1. The van der Waals surface area contributed by atoms with Crippen LogP contribution in [0.5, 0.6) is 0 Å². The van der Waals surface area contributed by atoms with Crippen LogP contribution in [0.3, 0.4) is 0 Å². The lowest BCUT2D eigenvalue weighted by Crippen LogP contribution is -2.24. The van der Waals surface area contributed by atoms with E-state index in [1.54, 1.807) is 0 Å². The van der Waals surface area contributed by atoms with Crippen LogP contribution in [0.1, 0.15) is 12.0 Å². The highest BCUT2D eigenvalue weighted by atomic mass is 16.4. The SMILES string of the molecule is Cc1ccc2ncnc(NCCC(=O)[O-])c2c1. The number of hydrogen-bond donors (Lipinski definition) is 1. The van der Waals surface area contributed by atoms with Crippen LogP contribution in [0.15, 0.2) is 24.5 Å². The summed E-state index contributed by atoms with van der Waals surface area (Å²) in [6.07, 6.45) is 1.41. The highest BCUT2D eigenvalue weighted by Crippen LogP contribution is 2.20. The van der Waals surface area contributed by atoms with Crippen molar-refractivity contribution in [2.24, 2.45) is 0 Å². The van der Waals surface area contributed by atoms with E-state index in [9.17, 15) is 9.90 Å². The molecule has 0 aliphatic heterocycles. The first-order valence-electron chi connectivity index (χ1n) is 5.32. The molecule has 1 heterocycles. The lowest BCUT2D eigenvalue weighted by atomic mass is 10.1. The first-order valence-corrected chi connectivity index (χ1v) is 5.32. The summed E-state index contributed by atoms with van der Waals surface area (Å²) in [6, 6.07) is 5.85. The van der Waals surface area contributed by atoms with Crippen LogP contribution in [-0.2, 0) is 4.79 Å². The highest BCUT2D eigenvalue weighted by molar-refractivity contribution is 5.89. The van der Waals surface area contributed by atoms with Crippen LogP contribution < -0.4 is 10.4 Å². The number of benzene rings is 1. The smallest absolute Gasteiger partial charge is 0.137 e. The Labute approximate surface area is 98.5 Å². The normalized spacial score (nSPS) is 10.4. The summed E-state index contributed by atoms with van der Waals surface area (Å²) in [5.74, 6) is -0.424. The zero-order valence-corrected chi connectivity index (χ0v) is 9.43. The number of aliphatic carboxylic acids is 1. The molecule has 5 nitrogen and oxygen atoms in total. The van der Waals surface area contributed by atoms with Crippen LogP contribution >= 0.6 is 0 Å². The topological polar surface area (TPSA) is 77.9 Å². The molecule has 0 spiro atoms. The minimum absolute atomic E-state index is 0.0443. The molecule has 2 aromatic rings. The Morgan fingerprint density at radius 3 is 3.00 bits per heavy atom. The molecule has 1 aromatic heterocycles. The second-order valence-electron chi connectivity index (χ2n) is 3.79. The zero-order chi connectivity index (χ0) is 12.3. The van der Waals surface area contributed by atoms with E-state index in [1.165, 1.54) is 6.33 Å². The van der Waals surface area contributed by atoms with E-state index in [0.717, 1.165) is 16.5 Å². The second kappa shape index (κ2) is 4.78. The molecule has 0 saturated heterocycles. The summed E-state index contributed by atoms with van der Waals surface area (Å²) in [4.78, 5) is 18.6. The fourth-order valence-electron chi connectivity index (χ4n) is 1.59. The summed E-state index contributed by atoms with van der Waals surface area (Å²) in [5.41, 5.74) is 1.94. The zero-order valence-electron chi connectivity index (χ0n) is 9.43. The maximum atomic E-state index is 10.3. The Morgan fingerprint density at radius 2 is 2.24 bits per heavy atom. The number of rotatable bonds is 4. The number of carbonyl (C=O) groups excluding carboxylic acids is 1. The van der Waals surface area contributed by atoms with Gasteiger partial charge < -0.3 is 15.2 Å². The van der Waals surface area contributed by atoms with Crippen molar-refractivity contribution in [3.8, 4) is 0 Å². The molecule has 17 heavy (non-hydrogen) atoms. The molecule has 0 aliphatic rings. The van der Waals surface area contributed by atoms with Gasteiger partial charge >= 0.3 is 0 Å².